The van der Waals surface area contributed by atoms with Crippen molar-refractivity contribution in [2.24, 2.45) is 5.92 Å². The zero-order valence-electron chi connectivity index (χ0n) is 9.12. The molecule has 1 N–H and O–H groups in total. The molecule has 1 aliphatic rings. The van der Waals surface area contributed by atoms with Gasteiger partial charge < -0.3 is 4.98 Å². The van der Waals surface area contributed by atoms with E-state index in [1.54, 1.807) is 4.57 Å². The maximum Gasteiger partial charge on any atom is 0.325 e. The summed E-state index contributed by atoms with van der Waals surface area (Å²) in [5.41, 5.74) is 0.754. The topological polar surface area (TPSA) is 54.9 Å². The van der Waals surface area contributed by atoms with Gasteiger partial charge in [0.05, 0.1) is 0 Å². The summed E-state index contributed by atoms with van der Waals surface area (Å²) in [5, 5.41) is 0. The number of carbonyl (C=O) groups excluding carboxylic acids is 1. The molecule has 1 heterocycles. The maximum atomic E-state index is 11.6. The lowest BCUT2D eigenvalue weighted by atomic mass is 9.85. The number of hydrogen-bond acceptors (Lipinski definition) is 2. The Morgan fingerprint density at radius 1 is 1.47 bits per heavy atom. The fraction of sp³-hybridized carbons (Fsp3) is 0.636. The molecule has 1 aliphatic carbocycles. The van der Waals surface area contributed by atoms with Gasteiger partial charge in [0, 0.05) is 30.8 Å². The number of H-pyrrole nitrogens is 1. The van der Waals surface area contributed by atoms with Crippen molar-refractivity contribution in [3.05, 3.63) is 22.4 Å². The number of aromatic amines is 1. The molecule has 4 nitrogen and oxygen atoms in total. The van der Waals surface area contributed by atoms with E-state index in [9.17, 15) is 9.59 Å². The number of Topliss-reactive ketones (excluding diaryl/α,β-unsaturated/α-hetero) is 1. The molecule has 0 saturated heterocycles. The van der Waals surface area contributed by atoms with Crippen molar-refractivity contribution in [1.29, 1.82) is 0 Å². The van der Waals surface area contributed by atoms with Crippen LogP contribution < -0.4 is 5.69 Å². The summed E-state index contributed by atoms with van der Waals surface area (Å²) >= 11 is 0. The largest absolute Gasteiger partial charge is 0.325 e. The molecule has 4 heteroatoms. The van der Waals surface area contributed by atoms with Gasteiger partial charge in [-0.1, -0.05) is 6.92 Å². The zero-order chi connectivity index (χ0) is 11.0. The van der Waals surface area contributed by atoms with Crippen molar-refractivity contribution < 1.29 is 4.79 Å². The number of hydrogen-bond donors (Lipinski definition) is 1. The quantitative estimate of drug-likeness (QED) is 0.758. The lowest BCUT2D eigenvalue weighted by molar-refractivity contribution is -0.122. The molecule has 0 amide bonds. The second-order valence-electron chi connectivity index (χ2n) is 4.48. The van der Waals surface area contributed by atoms with Crippen molar-refractivity contribution in [2.75, 3.05) is 0 Å². The van der Waals surface area contributed by atoms with Crippen LogP contribution in [0.5, 0.6) is 0 Å². The summed E-state index contributed by atoms with van der Waals surface area (Å²) < 4.78 is 1.68. The third-order valence-corrected chi connectivity index (χ3v) is 3.20. The summed E-state index contributed by atoms with van der Waals surface area (Å²) in [5.74, 6) is 0.666. The molecule has 1 saturated carbocycles. The maximum absolute atomic E-state index is 11.6. The van der Waals surface area contributed by atoms with Gasteiger partial charge in [0.1, 0.15) is 5.78 Å². The molecule has 0 spiro atoms. The van der Waals surface area contributed by atoms with E-state index in [0.29, 0.717) is 18.8 Å². The lowest BCUT2D eigenvalue weighted by Gasteiger charge is -2.28. The van der Waals surface area contributed by atoms with E-state index in [2.05, 4.69) is 11.9 Å². The number of ketones is 1. The molecule has 0 radical (unpaired) electrons. The van der Waals surface area contributed by atoms with E-state index >= 15 is 0 Å². The van der Waals surface area contributed by atoms with E-state index in [-0.39, 0.29) is 17.5 Å². The van der Waals surface area contributed by atoms with Crippen LogP contribution in [-0.2, 0) is 4.79 Å². The fourth-order valence-corrected chi connectivity index (χ4v) is 2.27. The van der Waals surface area contributed by atoms with Crippen LogP contribution in [0.2, 0.25) is 0 Å². The number of nitrogens with zero attached hydrogens (tertiary/aromatic N) is 1. The van der Waals surface area contributed by atoms with Crippen molar-refractivity contribution in [3.8, 4) is 0 Å². The van der Waals surface area contributed by atoms with Gasteiger partial charge in [0.15, 0.2) is 0 Å². The number of aryl methyl sites for hydroxylation is 1. The summed E-state index contributed by atoms with van der Waals surface area (Å²) in [6.45, 7) is 3.96. The predicted octanol–water partition coefficient (Wildman–Crippen LogP) is 1.42. The van der Waals surface area contributed by atoms with Crippen molar-refractivity contribution >= 4 is 5.78 Å². The van der Waals surface area contributed by atoms with Gasteiger partial charge in [-0.25, -0.2) is 4.79 Å². The van der Waals surface area contributed by atoms with E-state index in [1.165, 1.54) is 0 Å². The molecule has 82 valence electrons. The third kappa shape index (κ3) is 1.89. The number of nitrogens with one attached hydrogen (secondary N) is 1. The highest BCUT2D eigenvalue weighted by Crippen LogP contribution is 2.30. The summed E-state index contributed by atoms with van der Waals surface area (Å²) in [6.07, 6.45) is 3.86. The van der Waals surface area contributed by atoms with Gasteiger partial charge >= 0.3 is 5.69 Å². The standard InChI is InChI=1S/C11H16N2O2/c1-7-3-4-9(14)5-10(7)13-6-8(2)12-11(13)15/h6-7,10H,3-5H2,1-2H3,(H,12,15). The first-order valence-electron chi connectivity index (χ1n) is 5.37. The molecule has 0 aromatic carbocycles. The Hall–Kier alpha value is -1.32. The summed E-state index contributed by atoms with van der Waals surface area (Å²) in [4.78, 5) is 25.7. The Balaban J connectivity index is 2.32. The Bertz CT molecular complexity index is 430. The minimum absolute atomic E-state index is 0.0451. The molecule has 15 heavy (non-hydrogen) atoms. The Labute approximate surface area is 88.3 Å². The molecule has 2 rings (SSSR count). The van der Waals surface area contributed by atoms with Gasteiger partial charge in [-0.15, -0.1) is 0 Å². The molecule has 1 fully saturated rings. The van der Waals surface area contributed by atoms with E-state index in [1.807, 2.05) is 13.1 Å². The van der Waals surface area contributed by atoms with Crippen molar-refractivity contribution in [1.82, 2.24) is 9.55 Å². The van der Waals surface area contributed by atoms with Crippen LogP contribution in [-0.4, -0.2) is 15.3 Å². The predicted molar refractivity (Wildman–Crippen MR) is 56.8 cm³/mol. The highest BCUT2D eigenvalue weighted by Gasteiger charge is 2.28. The van der Waals surface area contributed by atoms with Gasteiger partial charge in [-0.3, -0.25) is 9.36 Å². The molecule has 0 bridgehead atoms. The van der Waals surface area contributed by atoms with Gasteiger partial charge in [-0.05, 0) is 19.3 Å². The molecule has 2 unspecified atom stereocenters. The van der Waals surface area contributed by atoms with E-state index < -0.39 is 0 Å². The third-order valence-electron chi connectivity index (χ3n) is 3.20. The molecular weight excluding hydrogens is 192 g/mol. The van der Waals surface area contributed by atoms with Crippen LogP contribution in [0.4, 0.5) is 0 Å². The second kappa shape index (κ2) is 3.68. The molecule has 2 atom stereocenters. The zero-order valence-corrected chi connectivity index (χ0v) is 9.12. The SMILES string of the molecule is Cc1cn(C2CC(=O)CCC2C)c(=O)[nH]1. The first-order chi connectivity index (χ1) is 7.08. The molecule has 1 aromatic heterocycles. The fourth-order valence-electron chi connectivity index (χ4n) is 2.27. The Morgan fingerprint density at radius 2 is 2.20 bits per heavy atom. The highest BCUT2D eigenvalue weighted by atomic mass is 16.1. The lowest BCUT2D eigenvalue weighted by Crippen LogP contribution is -2.31. The molecular formula is C11H16N2O2. The minimum Gasteiger partial charge on any atom is -0.310 e. The van der Waals surface area contributed by atoms with Crippen LogP contribution in [0.15, 0.2) is 11.0 Å². The highest BCUT2D eigenvalue weighted by molar-refractivity contribution is 5.79. The molecule has 0 aliphatic heterocycles. The van der Waals surface area contributed by atoms with Crippen LogP contribution in [0, 0.1) is 12.8 Å². The second-order valence-corrected chi connectivity index (χ2v) is 4.48. The number of aromatic nitrogens is 2. The van der Waals surface area contributed by atoms with Crippen LogP contribution >= 0.6 is 0 Å². The number of imidazole rings is 1. The summed E-state index contributed by atoms with van der Waals surface area (Å²) in [6, 6.07) is 0.0451. The first kappa shape index (κ1) is 10.2. The van der Waals surface area contributed by atoms with Crippen LogP contribution in [0.3, 0.4) is 0 Å². The number of carbonyl (C=O) groups is 1. The monoisotopic (exact) mass is 208 g/mol. The van der Waals surface area contributed by atoms with Gasteiger partial charge in [0.2, 0.25) is 0 Å². The van der Waals surface area contributed by atoms with Crippen molar-refractivity contribution in [3.63, 3.8) is 0 Å². The smallest absolute Gasteiger partial charge is 0.310 e. The number of rotatable bonds is 1. The average molecular weight is 208 g/mol. The minimum atomic E-state index is -0.0981. The average Bonchev–Trinajstić information content (AvgIpc) is 2.50. The Morgan fingerprint density at radius 3 is 2.80 bits per heavy atom. The molecule has 1 aromatic rings. The van der Waals surface area contributed by atoms with Gasteiger partial charge in [0.25, 0.3) is 0 Å². The van der Waals surface area contributed by atoms with Crippen molar-refractivity contribution in [2.45, 2.75) is 39.2 Å². The summed E-state index contributed by atoms with van der Waals surface area (Å²) in [7, 11) is 0. The van der Waals surface area contributed by atoms with E-state index in [0.717, 1.165) is 12.1 Å². The van der Waals surface area contributed by atoms with Crippen LogP contribution in [0.25, 0.3) is 0 Å². The van der Waals surface area contributed by atoms with Crippen LogP contribution in [0.1, 0.15) is 37.9 Å². The normalized spacial score (nSPS) is 26.9. The van der Waals surface area contributed by atoms with E-state index in [4.69, 9.17) is 0 Å². The first-order valence-corrected chi connectivity index (χ1v) is 5.37. The van der Waals surface area contributed by atoms with Gasteiger partial charge in [-0.2, -0.15) is 0 Å². The Kier molecular flexibility index (Phi) is 2.50.